The van der Waals surface area contributed by atoms with Crippen molar-refractivity contribution in [1.82, 2.24) is 23.8 Å². The zero-order chi connectivity index (χ0) is 23.4. The Morgan fingerprint density at radius 2 is 2.00 bits per heavy atom. The number of amides is 1. The van der Waals surface area contributed by atoms with Crippen LogP contribution in [-0.4, -0.2) is 57.5 Å². The molecule has 33 heavy (non-hydrogen) atoms. The van der Waals surface area contributed by atoms with Gasteiger partial charge in [-0.1, -0.05) is 23.4 Å². The van der Waals surface area contributed by atoms with Crippen LogP contribution in [0.15, 0.2) is 53.3 Å². The van der Waals surface area contributed by atoms with Crippen molar-refractivity contribution in [2.75, 3.05) is 24.7 Å². The lowest BCUT2D eigenvalue weighted by Crippen LogP contribution is -2.59. The SMILES string of the molecule is Cc1ccc(-c2noc(C3(C)CN(S(C)(=O)=O)C3)n2)cc1NC(=O)c1cnc2ccccn12. The molecule has 4 heterocycles. The molecule has 1 saturated heterocycles. The van der Waals surface area contributed by atoms with Crippen LogP contribution < -0.4 is 5.32 Å². The lowest BCUT2D eigenvalue weighted by atomic mass is 9.84. The van der Waals surface area contributed by atoms with E-state index in [0.29, 0.717) is 47.4 Å². The maximum absolute atomic E-state index is 12.9. The summed E-state index contributed by atoms with van der Waals surface area (Å²) in [5.41, 5.74) is 2.75. The molecule has 0 unspecified atom stereocenters. The number of aromatic nitrogens is 4. The van der Waals surface area contributed by atoms with Crippen LogP contribution in [0.1, 0.15) is 28.9 Å². The van der Waals surface area contributed by atoms with Gasteiger partial charge in [-0.25, -0.2) is 13.4 Å². The van der Waals surface area contributed by atoms with E-state index in [-0.39, 0.29) is 5.91 Å². The van der Waals surface area contributed by atoms with E-state index in [1.54, 1.807) is 16.7 Å². The van der Waals surface area contributed by atoms with Gasteiger partial charge in [0.2, 0.25) is 21.7 Å². The van der Waals surface area contributed by atoms with E-state index < -0.39 is 15.4 Å². The van der Waals surface area contributed by atoms with E-state index in [4.69, 9.17) is 4.52 Å². The van der Waals surface area contributed by atoms with Gasteiger partial charge in [-0.15, -0.1) is 0 Å². The number of rotatable bonds is 5. The molecule has 1 N–H and O–H groups in total. The number of fused-ring (bicyclic) bond motifs is 1. The monoisotopic (exact) mass is 466 g/mol. The molecule has 0 saturated carbocycles. The molecule has 0 spiro atoms. The molecule has 0 radical (unpaired) electrons. The van der Waals surface area contributed by atoms with Gasteiger partial charge in [0, 0.05) is 30.5 Å². The second-order valence-electron chi connectivity index (χ2n) is 8.57. The fourth-order valence-corrected chi connectivity index (χ4v) is 4.91. The fraction of sp³-hybridized carbons (Fsp3) is 0.273. The number of carbonyl (C=O) groups is 1. The molecule has 1 amide bonds. The predicted molar refractivity (Wildman–Crippen MR) is 121 cm³/mol. The summed E-state index contributed by atoms with van der Waals surface area (Å²) in [7, 11) is -3.25. The number of nitrogens with zero attached hydrogens (tertiary/aromatic N) is 5. The lowest BCUT2D eigenvalue weighted by molar-refractivity contribution is 0.102. The minimum Gasteiger partial charge on any atom is -0.338 e. The molecule has 0 atom stereocenters. The highest BCUT2D eigenvalue weighted by atomic mass is 32.2. The van der Waals surface area contributed by atoms with E-state index in [0.717, 1.165) is 5.56 Å². The topological polar surface area (TPSA) is 123 Å². The number of benzene rings is 1. The largest absolute Gasteiger partial charge is 0.338 e. The van der Waals surface area contributed by atoms with Gasteiger partial charge < -0.3 is 9.84 Å². The summed E-state index contributed by atoms with van der Waals surface area (Å²) in [6.45, 7) is 4.37. The molecule has 10 nitrogen and oxygen atoms in total. The Balaban J connectivity index is 1.38. The third-order valence-corrected chi connectivity index (χ3v) is 7.05. The molecule has 1 aromatic carbocycles. The van der Waals surface area contributed by atoms with E-state index in [1.165, 1.54) is 16.8 Å². The minimum absolute atomic E-state index is 0.286. The van der Waals surface area contributed by atoms with Crippen molar-refractivity contribution in [3.8, 4) is 11.4 Å². The van der Waals surface area contributed by atoms with Crippen molar-refractivity contribution in [3.63, 3.8) is 0 Å². The Hall–Kier alpha value is -3.57. The highest BCUT2D eigenvalue weighted by molar-refractivity contribution is 7.88. The normalized spacial score (nSPS) is 16.0. The summed E-state index contributed by atoms with van der Waals surface area (Å²) < 4.78 is 31.9. The molecular weight excluding hydrogens is 444 g/mol. The molecule has 1 aliphatic heterocycles. The molecule has 1 aliphatic rings. The quantitative estimate of drug-likeness (QED) is 0.479. The zero-order valence-corrected chi connectivity index (χ0v) is 19.1. The molecular formula is C22H22N6O4S. The van der Waals surface area contributed by atoms with Crippen molar-refractivity contribution < 1.29 is 17.7 Å². The van der Waals surface area contributed by atoms with E-state index >= 15 is 0 Å². The van der Waals surface area contributed by atoms with Gasteiger partial charge in [0.15, 0.2) is 0 Å². The molecule has 4 aromatic rings. The average molecular weight is 467 g/mol. The van der Waals surface area contributed by atoms with Gasteiger partial charge in [0.25, 0.3) is 5.91 Å². The number of nitrogens with one attached hydrogen (secondary N) is 1. The summed E-state index contributed by atoms with van der Waals surface area (Å²) >= 11 is 0. The maximum atomic E-state index is 12.9. The third kappa shape index (κ3) is 3.79. The maximum Gasteiger partial charge on any atom is 0.274 e. The van der Waals surface area contributed by atoms with Crippen LogP contribution in [0.4, 0.5) is 5.69 Å². The number of hydrogen-bond donors (Lipinski definition) is 1. The summed E-state index contributed by atoms with van der Waals surface area (Å²) in [4.78, 5) is 21.7. The highest BCUT2D eigenvalue weighted by Gasteiger charge is 2.48. The van der Waals surface area contributed by atoms with Gasteiger partial charge in [-0.3, -0.25) is 9.20 Å². The number of anilines is 1. The number of imidazole rings is 1. The smallest absolute Gasteiger partial charge is 0.274 e. The molecule has 170 valence electrons. The molecule has 3 aromatic heterocycles. The summed E-state index contributed by atoms with van der Waals surface area (Å²) in [6, 6.07) is 11.0. The first-order valence-electron chi connectivity index (χ1n) is 10.3. The Kier molecular flexibility index (Phi) is 4.83. The van der Waals surface area contributed by atoms with Gasteiger partial charge in [0.05, 0.1) is 17.9 Å². The fourth-order valence-electron chi connectivity index (χ4n) is 3.87. The number of hydrogen-bond acceptors (Lipinski definition) is 7. The Morgan fingerprint density at radius 3 is 2.76 bits per heavy atom. The van der Waals surface area contributed by atoms with Crippen molar-refractivity contribution in [1.29, 1.82) is 0 Å². The van der Waals surface area contributed by atoms with Gasteiger partial charge in [-0.2, -0.15) is 9.29 Å². The van der Waals surface area contributed by atoms with Crippen LogP contribution in [0.25, 0.3) is 17.0 Å². The number of pyridine rings is 1. The van der Waals surface area contributed by atoms with Crippen molar-refractivity contribution >= 4 is 27.3 Å². The third-order valence-electron chi connectivity index (χ3n) is 5.86. The minimum atomic E-state index is -3.25. The van der Waals surface area contributed by atoms with Gasteiger partial charge >= 0.3 is 0 Å². The Labute approximate surface area is 190 Å². The van der Waals surface area contributed by atoms with Gasteiger partial charge in [0.1, 0.15) is 11.3 Å². The second-order valence-corrected chi connectivity index (χ2v) is 10.6. The van der Waals surface area contributed by atoms with E-state index in [9.17, 15) is 13.2 Å². The van der Waals surface area contributed by atoms with Gasteiger partial charge in [-0.05, 0) is 37.6 Å². The lowest BCUT2D eigenvalue weighted by Gasteiger charge is -2.43. The first kappa shape index (κ1) is 21.3. The van der Waals surface area contributed by atoms with Crippen molar-refractivity contribution in [2.45, 2.75) is 19.3 Å². The first-order valence-corrected chi connectivity index (χ1v) is 12.1. The van der Waals surface area contributed by atoms with Crippen LogP contribution in [-0.2, 0) is 15.4 Å². The highest BCUT2D eigenvalue weighted by Crippen LogP contribution is 2.35. The molecule has 5 rings (SSSR count). The van der Waals surface area contributed by atoms with Crippen molar-refractivity contribution in [2.24, 2.45) is 0 Å². The van der Waals surface area contributed by atoms with E-state index in [1.807, 2.05) is 44.2 Å². The first-order chi connectivity index (χ1) is 15.6. The predicted octanol–water partition coefficient (Wildman–Crippen LogP) is 2.48. The second kappa shape index (κ2) is 7.49. The summed E-state index contributed by atoms with van der Waals surface area (Å²) in [6.07, 6.45) is 4.50. The van der Waals surface area contributed by atoms with Crippen LogP contribution in [0.5, 0.6) is 0 Å². The average Bonchev–Trinajstić information content (AvgIpc) is 3.40. The van der Waals surface area contributed by atoms with Crippen molar-refractivity contribution in [3.05, 3.63) is 65.9 Å². The molecule has 0 bridgehead atoms. The number of carbonyl (C=O) groups excluding carboxylic acids is 1. The van der Waals surface area contributed by atoms with Crippen LogP contribution in [0.2, 0.25) is 0 Å². The molecule has 1 fully saturated rings. The van der Waals surface area contributed by atoms with Crippen LogP contribution in [0.3, 0.4) is 0 Å². The molecule has 11 heteroatoms. The summed E-state index contributed by atoms with van der Waals surface area (Å²) in [5.74, 6) is 0.467. The number of sulfonamides is 1. The molecule has 0 aliphatic carbocycles. The standard InChI is InChI=1S/C22H22N6O4S/c1-14-7-8-15(19-25-21(32-26-19)22(2)12-27(13-22)33(3,30)31)10-16(14)24-20(29)17-11-23-18-6-4-5-9-28(17)18/h4-11H,12-13H2,1-3H3,(H,24,29). The Morgan fingerprint density at radius 1 is 1.21 bits per heavy atom. The van der Waals surface area contributed by atoms with E-state index in [2.05, 4.69) is 20.4 Å². The van der Waals surface area contributed by atoms with Crippen LogP contribution >= 0.6 is 0 Å². The zero-order valence-electron chi connectivity index (χ0n) is 18.3. The Bertz CT molecular complexity index is 1480. The van der Waals surface area contributed by atoms with Crippen LogP contribution in [0, 0.1) is 6.92 Å². The number of aryl methyl sites for hydroxylation is 1. The summed E-state index contributed by atoms with van der Waals surface area (Å²) in [5, 5.41) is 7.02.